The van der Waals surface area contributed by atoms with Gasteiger partial charge < -0.3 is 16.7 Å². The van der Waals surface area contributed by atoms with E-state index in [-0.39, 0.29) is 38.6 Å². The first-order valence-electron chi connectivity index (χ1n) is 8.46. The smallest absolute Gasteiger partial charge is 0.239 e. The Hall–Kier alpha value is -1.29. The summed E-state index contributed by atoms with van der Waals surface area (Å²) in [7, 11) is 6.47. The van der Waals surface area contributed by atoms with Crippen molar-refractivity contribution in [2.24, 2.45) is 0 Å². The molecule has 2 aromatic carbocycles. The fraction of sp³-hybridized carbons (Fsp3) is 0.273. The monoisotopic (exact) mass is 424 g/mol. The van der Waals surface area contributed by atoms with E-state index in [9.17, 15) is 4.79 Å². The van der Waals surface area contributed by atoms with E-state index in [1.54, 1.807) is 0 Å². The third-order valence-electron chi connectivity index (χ3n) is 3.74. The van der Waals surface area contributed by atoms with Crippen LogP contribution in [0.5, 0.6) is 0 Å². The molecule has 0 aliphatic rings. The van der Waals surface area contributed by atoms with Gasteiger partial charge in [-0.05, 0) is 12.1 Å². The van der Waals surface area contributed by atoms with Crippen molar-refractivity contribution in [1.29, 1.82) is 0 Å². The molecule has 0 saturated carbocycles. The van der Waals surface area contributed by atoms with E-state index in [4.69, 9.17) is 0 Å². The van der Waals surface area contributed by atoms with Gasteiger partial charge in [-0.25, -0.2) is 0 Å². The quantitative estimate of drug-likeness (QED) is 0.420. The maximum absolute atomic E-state index is 12.5. The van der Waals surface area contributed by atoms with Crippen LogP contribution in [0.15, 0.2) is 48.0 Å². The summed E-state index contributed by atoms with van der Waals surface area (Å²) in [5, 5.41) is 2.95. The van der Waals surface area contributed by atoms with Crippen LogP contribution < -0.4 is 5.32 Å². The number of anilines is 1. The summed E-state index contributed by atoms with van der Waals surface area (Å²) in [4.78, 5) is 12.5. The van der Waals surface area contributed by atoms with Gasteiger partial charge in [0.1, 0.15) is 6.54 Å². The SMILES string of the molecule is [CH2-]C/C(=C\c1[c-]ccc(C)c1)C(=O)Nc1ccc(C[N+](C)(C)C)cc1.[Y]. The Kier molecular flexibility index (Phi) is 8.89. The average Bonchev–Trinajstić information content (AvgIpc) is 2.53. The van der Waals surface area contributed by atoms with Gasteiger partial charge in [0.25, 0.3) is 0 Å². The standard InChI is InChI=1S/C22H27N2O.Y/c1-6-20(15-19-9-7-8-17(2)14-19)22(25)23-21-12-10-18(11-13-21)16-24(3,4)5;/h7-8,10-15H,1,6,16H2,2-5H3,(H,23,25);/q-1;/b20-15+;. The molecule has 135 valence electrons. The molecule has 0 heterocycles. The second-order valence-corrected chi connectivity index (χ2v) is 7.34. The van der Waals surface area contributed by atoms with Gasteiger partial charge in [0, 0.05) is 44.0 Å². The Balaban J connectivity index is 0.00000338. The summed E-state index contributed by atoms with van der Waals surface area (Å²) in [5.41, 5.74) is 4.71. The topological polar surface area (TPSA) is 29.1 Å². The first-order valence-corrected chi connectivity index (χ1v) is 8.46. The summed E-state index contributed by atoms with van der Waals surface area (Å²) in [6.07, 6.45) is 2.27. The van der Waals surface area contributed by atoms with Crippen LogP contribution in [-0.2, 0) is 44.0 Å². The molecule has 26 heavy (non-hydrogen) atoms. The van der Waals surface area contributed by atoms with E-state index in [0.29, 0.717) is 12.0 Å². The molecule has 2 aromatic rings. The van der Waals surface area contributed by atoms with Crippen molar-refractivity contribution in [3.8, 4) is 0 Å². The predicted molar refractivity (Wildman–Crippen MR) is 105 cm³/mol. The minimum absolute atomic E-state index is 0. The largest absolute Gasteiger partial charge is 0.340 e. The van der Waals surface area contributed by atoms with Crippen LogP contribution in [0.4, 0.5) is 5.69 Å². The minimum Gasteiger partial charge on any atom is -0.340 e. The van der Waals surface area contributed by atoms with E-state index < -0.39 is 0 Å². The Bertz CT molecular complexity index is 758. The number of hydrogen-bond donors (Lipinski definition) is 1. The molecule has 0 fully saturated rings. The summed E-state index contributed by atoms with van der Waals surface area (Å²) in [6.45, 7) is 6.84. The van der Waals surface area contributed by atoms with Crippen molar-refractivity contribution < 1.29 is 42.0 Å². The first kappa shape index (κ1) is 22.8. The molecule has 3 nitrogen and oxygen atoms in total. The van der Waals surface area contributed by atoms with E-state index in [2.05, 4.69) is 51.6 Å². The van der Waals surface area contributed by atoms with E-state index in [1.165, 1.54) is 5.56 Å². The Labute approximate surface area is 183 Å². The number of nitrogens with zero attached hydrogens (tertiary/aromatic N) is 1. The predicted octanol–water partition coefficient (Wildman–Crippen LogP) is 4.25. The summed E-state index contributed by atoms with van der Waals surface area (Å²) < 4.78 is 0.868. The average molecular weight is 424 g/mol. The molecule has 1 amide bonds. The third-order valence-corrected chi connectivity index (χ3v) is 3.74. The number of rotatable bonds is 6. The second-order valence-electron chi connectivity index (χ2n) is 7.34. The van der Waals surface area contributed by atoms with Crippen molar-refractivity contribution in [1.82, 2.24) is 0 Å². The Morgan fingerprint density at radius 3 is 2.38 bits per heavy atom. The zero-order valence-electron chi connectivity index (χ0n) is 16.2. The van der Waals surface area contributed by atoms with Crippen molar-refractivity contribution >= 4 is 17.7 Å². The van der Waals surface area contributed by atoms with E-state index in [0.717, 1.165) is 27.8 Å². The molecule has 0 aliphatic carbocycles. The van der Waals surface area contributed by atoms with Gasteiger partial charge in [-0.1, -0.05) is 24.6 Å². The molecular weight excluding hydrogens is 397 g/mol. The first-order chi connectivity index (χ1) is 11.8. The van der Waals surface area contributed by atoms with Gasteiger partial charge in [-0.3, -0.25) is 4.79 Å². The molecule has 0 bridgehead atoms. The molecule has 0 spiro atoms. The molecular formula is C22H27N2OY-. The normalized spacial score (nSPS) is 11.7. The number of quaternary nitrogens is 1. The van der Waals surface area contributed by atoms with E-state index in [1.807, 2.05) is 43.3 Å². The number of carbonyl (C=O) groups excluding carboxylic acids is 1. The van der Waals surface area contributed by atoms with Crippen LogP contribution in [0.1, 0.15) is 23.1 Å². The van der Waals surface area contributed by atoms with Gasteiger partial charge in [-0.15, -0.1) is 41.5 Å². The Morgan fingerprint density at radius 1 is 1.19 bits per heavy atom. The molecule has 1 radical (unpaired) electrons. The van der Waals surface area contributed by atoms with Crippen LogP contribution in [-0.4, -0.2) is 31.5 Å². The van der Waals surface area contributed by atoms with Crippen molar-refractivity contribution in [3.05, 3.63) is 77.7 Å². The van der Waals surface area contributed by atoms with Crippen LogP contribution in [0.3, 0.4) is 0 Å². The van der Waals surface area contributed by atoms with Crippen molar-refractivity contribution in [2.75, 3.05) is 26.5 Å². The molecule has 4 heteroatoms. The number of aryl methyl sites for hydroxylation is 1. The second kappa shape index (κ2) is 10.2. The molecule has 1 N–H and O–H groups in total. The number of benzene rings is 2. The number of carbonyl (C=O) groups is 1. The Morgan fingerprint density at radius 2 is 1.85 bits per heavy atom. The molecule has 0 unspecified atom stereocenters. The number of amides is 1. The zero-order valence-corrected chi connectivity index (χ0v) is 19.0. The van der Waals surface area contributed by atoms with Gasteiger partial charge in [0.15, 0.2) is 0 Å². The van der Waals surface area contributed by atoms with Crippen molar-refractivity contribution in [2.45, 2.75) is 19.9 Å². The third kappa shape index (κ3) is 7.53. The molecule has 0 aliphatic heterocycles. The number of nitrogens with one attached hydrogen (secondary N) is 1. The number of hydrogen-bond acceptors (Lipinski definition) is 1. The summed E-state index contributed by atoms with van der Waals surface area (Å²) in [5.74, 6) is -0.121. The maximum atomic E-state index is 12.5. The van der Waals surface area contributed by atoms with Gasteiger partial charge in [-0.2, -0.15) is 6.42 Å². The van der Waals surface area contributed by atoms with Gasteiger partial charge in [0.05, 0.1) is 21.1 Å². The van der Waals surface area contributed by atoms with Crippen LogP contribution in [0.2, 0.25) is 0 Å². The van der Waals surface area contributed by atoms with Crippen LogP contribution >= 0.6 is 0 Å². The maximum Gasteiger partial charge on any atom is 0.239 e. The fourth-order valence-corrected chi connectivity index (χ4v) is 2.58. The molecule has 2 rings (SSSR count). The van der Waals surface area contributed by atoms with Gasteiger partial charge >= 0.3 is 0 Å². The summed E-state index contributed by atoms with van der Waals surface area (Å²) in [6, 6.07) is 17.0. The van der Waals surface area contributed by atoms with Crippen LogP contribution in [0, 0.1) is 19.9 Å². The zero-order chi connectivity index (χ0) is 18.4. The molecule has 0 saturated heterocycles. The molecule has 0 aromatic heterocycles. The van der Waals surface area contributed by atoms with Gasteiger partial charge in [0.2, 0.25) is 5.91 Å². The molecule has 0 atom stereocenters. The summed E-state index contributed by atoms with van der Waals surface area (Å²) >= 11 is 0. The van der Waals surface area contributed by atoms with Crippen molar-refractivity contribution in [3.63, 3.8) is 0 Å². The van der Waals surface area contributed by atoms with Crippen LogP contribution in [0.25, 0.3) is 6.08 Å². The van der Waals surface area contributed by atoms with E-state index >= 15 is 0 Å². The fourth-order valence-electron chi connectivity index (χ4n) is 2.58. The minimum atomic E-state index is -0.121.